The van der Waals surface area contributed by atoms with Crippen molar-refractivity contribution in [2.24, 2.45) is 0 Å². The van der Waals surface area contributed by atoms with Crippen molar-refractivity contribution in [1.29, 1.82) is 0 Å². The number of carbonyl (C=O) groups excluding carboxylic acids is 2. The lowest BCUT2D eigenvalue weighted by Gasteiger charge is -2.27. The second-order valence-electron chi connectivity index (χ2n) is 5.27. The van der Waals surface area contributed by atoms with E-state index in [9.17, 15) is 9.59 Å². The fraction of sp³-hybridized carbons (Fsp3) is 0.286. The first-order valence-corrected chi connectivity index (χ1v) is 6.47. The highest BCUT2D eigenvalue weighted by Gasteiger charge is 2.32. The third kappa shape index (κ3) is 2.25. The Morgan fingerprint density at radius 2 is 1.50 bits per heavy atom. The van der Waals surface area contributed by atoms with Gasteiger partial charge in [-0.3, -0.25) is 9.59 Å². The van der Waals surface area contributed by atoms with Gasteiger partial charge in [0.1, 0.15) is 5.70 Å². The molecular formula is C14H14BrNO2. The first-order chi connectivity index (χ1) is 8.31. The predicted molar refractivity (Wildman–Crippen MR) is 73.9 cm³/mol. The zero-order valence-corrected chi connectivity index (χ0v) is 12.1. The van der Waals surface area contributed by atoms with Gasteiger partial charge in [-0.1, -0.05) is 24.3 Å². The summed E-state index contributed by atoms with van der Waals surface area (Å²) in [6, 6.07) is 6.87. The van der Waals surface area contributed by atoms with Crippen molar-refractivity contribution < 1.29 is 9.59 Å². The minimum Gasteiger partial charge on any atom is -0.376 e. The molecule has 0 spiro atoms. The summed E-state index contributed by atoms with van der Waals surface area (Å²) in [6.45, 7) is 5.83. The molecule has 1 aromatic rings. The van der Waals surface area contributed by atoms with Crippen LogP contribution in [0.1, 0.15) is 41.5 Å². The number of allylic oxidation sites excluding steroid dienone is 2. The van der Waals surface area contributed by atoms with Gasteiger partial charge < -0.3 is 5.32 Å². The summed E-state index contributed by atoms with van der Waals surface area (Å²) in [4.78, 5) is 24.5. The van der Waals surface area contributed by atoms with Crippen molar-refractivity contribution in [3.05, 3.63) is 45.6 Å². The van der Waals surface area contributed by atoms with E-state index in [1.165, 1.54) is 0 Å². The minimum atomic E-state index is -0.281. The van der Waals surface area contributed by atoms with Gasteiger partial charge in [0.25, 0.3) is 0 Å². The van der Waals surface area contributed by atoms with Gasteiger partial charge in [0, 0.05) is 16.7 Å². The van der Waals surface area contributed by atoms with E-state index < -0.39 is 0 Å². The number of carbonyl (C=O) groups is 2. The number of benzene rings is 1. The topological polar surface area (TPSA) is 46.2 Å². The fourth-order valence-electron chi connectivity index (χ4n) is 1.83. The molecule has 1 aliphatic rings. The van der Waals surface area contributed by atoms with Crippen LogP contribution in [0.2, 0.25) is 0 Å². The smallest absolute Gasteiger partial charge is 0.210 e. The Bertz CT molecular complexity index is 567. The van der Waals surface area contributed by atoms with Crippen LogP contribution in [0.3, 0.4) is 0 Å². The van der Waals surface area contributed by atoms with E-state index >= 15 is 0 Å². The van der Waals surface area contributed by atoms with Gasteiger partial charge >= 0.3 is 0 Å². The van der Waals surface area contributed by atoms with E-state index in [-0.39, 0.29) is 17.1 Å². The third-order valence-electron chi connectivity index (χ3n) is 2.56. The van der Waals surface area contributed by atoms with Crippen LogP contribution in [0.4, 0.5) is 0 Å². The maximum absolute atomic E-state index is 12.3. The van der Waals surface area contributed by atoms with Crippen LogP contribution in [-0.2, 0) is 0 Å². The van der Waals surface area contributed by atoms with Crippen molar-refractivity contribution in [2.75, 3.05) is 0 Å². The highest BCUT2D eigenvalue weighted by Crippen LogP contribution is 2.29. The molecule has 0 saturated heterocycles. The van der Waals surface area contributed by atoms with Crippen LogP contribution in [0, 0.1) is 0 Å². The molecule has 2 rings (SSSR count). The molecule has 0 unspecified atom stereocenters. The number of Topliss-reactive ketones (excluding diaryl/α,β-unsaturated/α-hetero) is 2. The van der Waals surface area contributed by atoms with Crippen molar-refractivity contribution in [1.82, 2.24) is 5.32 Å². The lowest BCUT2D eigenvalue weighted by Crippen LogP contribution is -2.40. The van der Waals surface area contributed by atoms with Gasteiger partial charge in [-0.2, -0.15) is 0 Å². The Balaban J connectivity index is 2.53. The maximum atomic E-state index is 12.3. The van der Waals surface area contributed by atoms with Gasteiger partial charge in [-0.25, -0.2) is 0 Å². The second kappa shape index (κ2) is 4.35. The van der Waals surface area contributed by atoms with E-state index in [1.807, 2.05) is 20.8 Å². The van der Waals surface area contributed by atoms with Gasteiger partial charge in [-0.15, -0.1) is 0 Å². The summed E-state index contributed by atoms with van der Waals surface area (Å²) in [5.41, 5.74) is 0.966. The number of nitrogens with one attached hydrogen (secondary N) is 1. The Hall–Kier alpha value is -1.42. The standard InChI is InChI=1S/C14H14BrNO2/c1-14(2,3)16-11-10(15)12(17)8-6-4-5-7-9(8)13(11)18/h4-7,16H,1-3H3. The predicted octanol–water partition coefficient (Wildman–Crippen LogP) is 3.06. The molecule has 3 nitrogen and oxygen atoms in total. The molecule has 0 radical (unpaired) electrons. The van der Waals surface area contributed by atoms with E-state index in [2.05, 4.69) is 21.2 Å². The van der Waals surface area contributed by atoms with Crippen molar-refractivity contribution in [2.45, 2.75) is 26.3 Å². The maximum Gasteiger partial charge on any atom is 0.210 e. The zero-order chi connectivity index (χ0) is 13.5. The van der Waals surface area contributed by atoms with Crippen LogP contribution < -0.4 is 5.32 Å². The quantitative estimate of drug-likeness (QED) is 0.867. The molecule has 4 heteroatoms. The number of rotatable bonds is 1. The summed E-state index contributed by atoms with van der Waals surface area (Å²) in [6.07, 6.45) is 0. The first kappa shape index (κ1) is 13.0. The molecule has 0 heterocycles. The molecule has 0 atom stereocenters. The molecule has 0 fully saturated rings. The summed E-state index contributed by atoms with van der Waals surface area (Å²) < 4.78 is 0.307. The SMILES string of the molecule is CC(C)(C)NC1=C(Br)C(=O)c2ccccc2C1=O. The number of halogens is 1. The molecular weight excluding hydrogens is 294 g/mol. The van der Waals surface area contributed by atoms with Crippen LogP contribution in [0.15, 0.2) is 34.4 Å². The summed E-state index contributed by atoms with van der Waals surface area (Å²) in [5.74, 6) is -0.302. The van der Waals surface area contributed by atoms with Gasteiger partial charge in [0.2, 0.25) is 11.6 Å². The average Bonchev–Trinajstić information content (AvgIpc) is 2.31. The molecule has 0 aromatic heterocycles. The van der Waals surface area contributed by atoms with E-state index in [1.54, 1.807) is 24.3 Å². The van der Waals surface area contributed by atoms with Crippen molar-refractivity contribution in [3.8, 4) is 0 Å². The van der Waals surface area contributed by atoms with E-state index in [0.717, 1.165) is 0 Å². The molecule has 94 valence electrons. The van der Waals surface area contributed by atoms with Crippen LogP contribution >= 0.6 is 15.9 Å². The molecule has 0 saturated carbocycles. The van der Waals surface area contributed by atoms with Gasteiger partial charge in [0.05, 0.1) is 4.48 Å². The Labute approximate surface area is 114 Å². The molecule has 1 N–H and O–H groups in total. The van der Waals surface area contributed by atoms with Crippen molar-refractivity contribution in [3.63, 3.8) is 0 Å². The molecule has 1 aliphatic carbocycles. The summed E-state index contributed by atoms with van der Waals surface area (Å²) >= 11 is 3.23. The Kier molecular flexibility index (Phi) is 3.15. The molecule has 18 heavy (non-hydrogen) atoms. The minimum absolute atomic E-state index is 0.146. The molecule has 0 bridgehead atoms. The monoisotopic (exact) mass is 307 g/mol. The summed E-state index contributed by atoms with van der Waals surface area (Å²) in [7, 11) is 0. The number of ketones is 2. The highest BCUT2D eigenvalue weighted by molar-refractivity contribution is 9.12. The zero-order valence-electron chi connectivity index (χ0n) is 10.5. The average molecular weight is 308 g/mol. The molecule has 1 aromatic carbocycles. The van der Waals surface area contributed by atoms with E-state index in [4.69, 9.17) is 0 Å². The van der Waals surface area contributed by atoms with Crippen LogP contribution in [0.5, 0.6) is 0 Å². The lowest BCUT2D eigenvalue weighted by molar-refractivity contribution is 0.0972. The van der Waals surface area contributed by atoms with Crippen molar-refractivity contribution >= 4 is 27.5 Å². The van der Waals surface area contributed by atoms with E-state index in [0.29, 0.717) is 21.3 Å². The van der Waals surface area contributed by atoms with Crippen LogP contribution in [-0.4, -0.2) is 17.1 Å². The Morgan fingerprint density at radius 3 is 2.00 bits per heavy atom. The van der Waals surface area contributed by atoms with Gasteiger partial charge in [-0.05, 0) is 36.7 Å². The molecule has 0 aliphatic heterocycles. The Morgan fingerprint density at radius 1 is 1.00 bits per heavy atom. The lowest BCUT2D eigenvalue weighted by atomic mass is 9.91. The van der Waals surface area contributed by atoms with Gasteiger partial charge in [0.15, 0.2) is 0 Å². The first-order valence-electron chi connectivity index (χ1n) is 5.67. The number of hydrogen-bond donors (Lipinski definition) is 1. The number of fused-ring (bicyclic) bond motifs is 1. The summed E-state index contributed by atoms with van der Waals surface area (Å²) in [5, 5.41) is 3.09. The fourth-order valence-corrected chi connectivity index (χ4v) is 2.32. The largest absolute Gasteiger partial charge is 0.376 e. The van der Waals surface area contributed by atoms with Crippen LogP contribution in [0.25, 0.3) is 0 Å². The second-order valence-corrected chi connectivity index (χ2v) is 6.06. The normalized spacial score (nSPS) is 15.8. The molecule has 0 amide bonds. The highest BCUT2D eigenvalue weighted by atomic mass is 79.9. The third-order valence-corrected chi connectivity index (χ3v) is 3.32. The number of hydrogen-bond acceptors (Lipinski definition) is 3.